The Morgan fingerprint density at radius 2 is 2.17 bits per heavy atom. The molecule has 2 atom stereocenters. The van der Waals surface area contributed by atoms with Crippen molar-refractivity contribution in [2.75, 3.05) is 11.9 Å². The van der Waals surface area contributed by atoms with Gasteiger partial charge in [0.15, 0.2) is 0 Å². The zero-order chi connectivity index (χ0) is 12.4. The smallest absolute Gasteiger partial charge is 0.145 e. The van der Waals surface area contributed by atoms with E-state index >= 15 is 0 Å². The minimum atomic E-state index is 0.267. The summed E-state index contributed by atoms with van der Waals surface area (Å²) in [7, 11) is 0. The molecule has 0 radical (unpaired) electrons. The van der Waals surface area contributed by atoms with Crippen molar-refractivity contribution in [2.24, 2.45) is 0 Å². The second-order valence-corrected chi connectivity index (χ2v) is 4.73. The minimum absolute atomic E-state index is 0.267. The molecule has 0 saturated carbocycles. The van der Waals surface area contributed by atoms with Crippen LogP contribution in [-0.4, -0.2) is 28.7 Å². The van der Waals surface area contributed by atoms with Crippen molar-refractivity contribution in [3.63, 3.8) is 0 Å². The third kappa shape index (κ3) is 2.29. The molecular weight excluding hydrogens is 226 g/mol. The van der Waals surface area contributed by atoms with Crippen LogP contribution in [0.4, 0.5) is 5.82 Å². The second kappa shape index (κ2) is 4.90. The SMILES string of the molecule is CC(Nc1cnc2ccccc2n1)C1CCCO1. The van der Waals surface area contributed by atoms with Crippen LogP contribution in [0.15, 0.2) is 30.5 Å². The average molecular weight is 243 g/mol. The first-order chi connectivity index (χ1) is 8.83. The Kier molecular flexibility index (Phi) is 3.11. The van der Waals surface area contributed by atoms with Gasteiger partial charge in [0.25, 0.3) is 0 Å². The van der Waals surface area contributed by atoms with Crippen molar-refractivity contribution in [3.05, 3.63) is 30.5 Å². The lowest BCUT2D eigenvalue weighted by Crippen LogP contribution is -2.30. The molecule has 0 aliphatic carbocycles. The lowest BCUT2D eigenvalue weighted by atomic mass is 10.1. The van der Waals surface area contributed by atoms with E-state index in [0.29, 0.717) is 6.10 Å². The van der Waals surface area contributed by atoms with Crippen molar-refractivity contribution in [1.82, 2.24) is 9.97 Å². The largest absolute Gasteiger partial charge is 0.376 e. The summed E-state index contributed by atoms with van der Waals surface area (Å²) in [6.45, 7) is 3.01. The number of ether oxygens (including phenoxy) is 1. The van der Waals surface area contributed by atoms with E-state index in [-0.39, 0.29) is 6.04 Å². The Labute approximate surface area is 106 Å². The van der Waals surface area contributed by atoms with Gasteiger partial charge in [-0.1, -0.05) is 12.1 Å². The molecule has 1 aliphatic heterocycles. The van der Waals surface area contributed by atoms with Crippen LogP contribution in [0.5, 0.6) is 0 Å². The highest BCUT2D eigenvalue weighted by molar-refractivity contribution is 5.75. The number of nitrogens with zero attached hydrogens (tertiary/aromatic N) is 2. The van der Waals surface area contributed by atoms with Crippen LogP contribution in [0.1, 0.15) is 19.8 Å². The number of aromatic nitrogens is 2. The molecule has 1 aliphatic rings. The van der Waals surface area contributed by atoms with Gasteiger partial charge in [0.05, 0.1) is 29.4 Å². The summed E-state index contributed by atoms with van der Waals surface area (Å²) in [4.78, 5) is 8.95. The van der Waals surface area contributed by atoms with Crippen molar-refractivity contribution >= 4 is 16.9 Å². The van der Waals surface area contributed by atoms with E-state index in [1.54, 1.807) is 6.20 Å². The third-order valence-electron chi connectivity index (χ3n) is 3.35. The van der Waals surface area contributed by atoms with E-state index in [4.69, 9.17) is 4.74 Å². The van der Waals surface area contributed by atoms with E-state index in [0.717, 1.165) is 36.3 Å². The zero-order valence-corrected chi connectivity index (χ0v) is 10.5. The third-order valence-corrected chi connectivity index (χ3v) is 3.35. The van der Waals surface area contributed by atoms with Gasteiger partial charge >= 0.3 is 0 Å². The molecule has 0 bridgehead atoms. The first-order valence-electron chi connectivity index (χ1n) is 6.43. The molecule has 3 rings (SSSR count). The molecule has 4 nitrogen and oxygen atoms in total. The van der Waals surface area contributed by atoms with E-state index < -0.39 is 0 Å². The lowest BCUT2D eigenvalue weighted by molar-refractivity contribution is 0.0995. The molecule has 1 N–H and O–H groups in total. The van der Waals surface area contributed by atoms with Crippen LogP contribution in [-0.2, 0) is 4.74 Å². The molecule has 1 saturated heterocycles. The summed E-state index contributed by atoms with van der Waals surface area (Å²) in [6, 6.07) is 8.16. The number of nitrogens with one attached hydrogen (secondary N) is 1. The molecule has 0 spiro atoms. The fourth-order valence-electron chi connectivity index (χ4n) is 2.35. The van der Waals surface area contributed by atoms with Crippen LogP contribution >= 0.6 is 0 Å². The molecule has 2 heterocycles. The van der Waals surface area contributed by atoms with Gasteiger partial charge in [0.2, 0.25) is 0 Å². The van der Waals surface area contributed by atoms with Crippen LogP contribution in [0.2, 0.25) is 0 Å². The van der Waals surface area contributed by atoms with Gasteiger partial charge in [-0.2, -0.15) is 0 Å². The summed E-state index contributed by atoms with van der Waals surface area (Å²) < 4.78 is 5.66. The quantitative estimate of drug-likeness (QED) is 0.900. The predicted molar refractivity (Wildman–Crippen MR) is 71.6 cm³/mol. The molecule has 18 heavy (non-hydrogen) atoms. The Morgan fingerprint density at radius 1 is 1.33 bits per heavy atom. The number of hydrogen-bond acceptors (Lipinski definition) is 4. The normalized spacial score (nSPS) is 21.1. The molecule has 1 fully saturated rings. The monoisotopic (exact) mass is 243 g/mol. The Balaban J connectivity index is 1.77. The van der Waals surface area contributed by atoms with Gasteiger partial charge in [-0.25, -0.2) is 4.98 Å². The van der Waals surface area contributed by atoms with Gasteiger partial charge < -0.3 is 10.1 Å². The number of rotatable bonds is 3. The summed E-state index contributed by atoms with van der Waals surface area (Å²) in [5, 5.41) is 3.38. The number of benzene rings is 1. The highest BCUT2D eigenvalue weighted by atomic mass is 16.5. The van der Waals surface area contributed by atoms with Crippen molar-refractivity contribution in [2.45, 2.75) is 31.9 Å². The molecular formula is C14H17N3O. The maximum atomic E-state index is 5.66. The summed E-state index contributed by atoms with van der Waals surface area (Å²) in [5.74, 6) is 0.816. The lowest BCUT2D eigenvalue weighted by Gasteiger charge is -2.20. The first kappa shape index (κ1) is 11.4. The Bertz CT molecular complexity index is 537. The van der Waals surface area contributed by atoms with E-state index in [9.17, 15) is 0 Å². The number of para-hydroxylation sites is 2. The van der Waals surface area contributed by atoms with E-state index in [1.165, 1.54) is 0 Å². The Morgan fingerprint density at radius 3 is 2.94 bits per heavy atom. The number of anilines is 1. The van der Waals surface area contributed by atoms with Gasteiger partial charge in [0, 0.05) is 6.61 Å². The van der Waals surface area contributed by atoms with E-state index in [1.807, 2.05) is 24.3 Å². The Hall–Kier alpha value is -1.68. The van der Waals surface area contributed by atoms with Crippen molar-refractivity contribution in [3.8, 4) is 0 Å². The van der Waals surface area contributed by atoms with Crippen LogP contribution < -0.4 is 5.32 Å². The van der Waals surface area contributed by atoms with Crippen LogP contribution in [0.25, 0.3) is 11.0 Å². The molecule has 0 amide bonds. The van der Waals surface area contributed by atoms with Crippen molar-refractivity contribution < 1.29 is 4.74 Å². The summed E-state index contributed by atoms with van der Waals surface area (Å²) >= 11 is 0. The second-order valence-electron chi connectivity index (χ2n) is 4.73. The summed E-state index contributed by atoms with van der Waals surface area (Å²) in [5.41, 5.74) is 1.84. The molecule has 2 aromatic rings. The first-order valence-corrected chi connectivity index (χ1v) is 6.43. The van der Waals surface area contributed by atoms with Gasteiger partial charge in [-0.3, -0.25) is 4.98 Å². The molecule has 1 aromatic carbocycles. The molecule has 4 heteroatoms. The fraction of sp³-hybridized carbons (Fsp3) is 0.429. The number of fused-ring (bicyclic) bond motifs is 1. The topological polar surface area (TPSA) is 47.0 Å². The van der Waals surface area contributed by atoms with Gasteiger partial charge in [-0.05, 0) is 31.9 Å². The highest BCUT2D eigenvalue weighted by Crippen LogP contribution is 2.19. The summed E-state index contributed by atoms with van der Waals surface area (Å²) in [6.07, 6.45) is 4.35. The maximum Gasteiger partial charge on any atom is 0.145 e. The maximum absolute atomic E-state index is 5.66. The number of hydrogen-bond donors (Lipinski definition) is 1. The van der Waals surface area contributed by atoms with E-state index in [2.05, 4.69) is 22.2 Å². The van der Waals surface area contributed by atoms with Gasteiger partial charge in [0.1, 0.15) is 5.82 Å². The highest BCUT2D eigenvalue weighted by Gasteiger charge is 2.22. The van der Waals surface area contributed by atoms with Gasteiger partial charge in [-0.15, -0.1) is 0 Å². The van der Waals surface area contributed by atoms with Crippen LogP contribution in [0.3, 0.4) is 0 Å². The van der Waals surface area contributed by atoms with Crippen molar-refractivity contribution in [1.29, 1.82) is 0 Å². The predicted octanol–water partition coefficient (Wildman–Crippen LogP) is 2.61. The zero-order valence-electron chi connectivity index (χ0n) is 10.5. The molecule has 2 unspecified atom stereocenters. The molecule has 94 valence electrons. The average Bonchev–Trinajstić information content (AvgIpc) is 2.92. The van der Waals surface area contributed by atoms with Crippen LogP contribution in [0, 0.1) is 0 Å². The standard InChI is InChI=1S/C14H17N3O/c1-10(13-7-4-8-18-13)16-14-9-15-11-5-2-3-6-12(11)17-14/h2-3,5-6,9-10,13H,4,7-8H2,1H3,(H,16,17). The minimum Gasteiger partial charge on any atom is -0.376 e. The molecule has 1 aromatic heterocycles. The fourth-order valence-corrected chi connectivity index (χ4v) is 2.35.